The van der Waals surface area contributed by atoms with Gasteiger partial charge in [0.15, 0.2) is 0 Å². The number of hydrogen-bond donors (Lipinski definition) is 2. The molecule has 0 aliphatic carbocycles. The van der Waals surface area contributed by atoms with Crippen LogP contribution >= 0.6 is 0 Å². The van der Waals surface area contributed by atoms with Crippen LogP contribution in [0.15, 0.2) is 108 Å². The molecule has 2 N–H and O–H groups in total. The van der Waals surface area contributed by atoms with Crippen molar-refractivity contribution in [2.45, 2.75) is 12.6 Å². The molecule has 29 heavy (non-hydrogen) atoms. The van der Waals surface area contributed by atoms with Gasteiger partial charge in [0.2, 0.25) is 0 Å². The molecule has 0 bridgehead atoms. The van der Waals surface area contributed by atoms with Crippen LogP contribution in [0.5, 0.6) is 0 Å². The normalized spacial score (nSPS) is 11.7. The summed E-state index contributed by atoms with van der Waals surface area (Å²) in [5.74, 6) is 0.753. The molecule has 1 heterocycles. The number of anilines is 1. The van der Waals surface area contributed by atoms with Crippen LogP contribution < -0.4 is 10.6 Å². The second kappa shape index (κ2) is 9.04. The smallest absolute Gasteiger partial charge is 0.255 e. The van der Waals surface area contributed by atoms with Gasteiger partial charge in [-0.3, -0.25) is 10.1 Å². The number of nitrogens with one attached hydrogen (secondary N) is 2. The minimum atomic E-state index is -0.117. The first-order chi connectivity index (χ1) is 14.3. The van der Waals surface area contributed by atoms with E-state index in [0.29, 0.717) is 12.1 Å². The van der Waals surface area contributed by atoms with E-state index in [2.05, 4.69) is 22.8 Å². The number of para-hydroxylation sites is 1. The van der Waals surface area contributed by atoms with Crippen LogP contribution in [0.25, 0.3) is 0 Å². The highest BCUT2D eigenvalue weighted by Crippen LogP contribution is 2.23. The standard InChI is InChI=1S/C25H22N2O2/c28-25(27-22-10-5-2-6-11-22)21-15-13-19(14-16-21)18-26-24(23-12-7-17-29-23)20-8-3-1-4-9-20/h1-17,24,26H,18H2,(H,27,28)/t24-/m0/s1. The Morgan fingerprint density at radius 1 is 0.793 bits per heavy atom. The number of rotatable bonds is 7. The molecule has 0 unspecified atom stereocenters. The molecule has 4 aromatic rings. The zero-order chi connectivity index (χ0) is 19.9. The summed E-state index contributed by atoms with van der Waals surface area (Å²) in [5, 5.41) is 6.45. The summed E-state index contributed by atoms with van der Waals surface area (Å²) in [6, 6.07) is 31.1. The van der Waals surface area contributed by atoms with E-state index in [1.54, 1.807) is 6.26 Å². The van der Waals surface area contributed by atoms with Gasteiger partial charge in [0.05, 0.1) is 12.3 Å². The van der Waals surface area contributed by atoms with E-state index in [1.165, 1.54) is 0 Å². The fourth-order valence-corrected chi connectivity index (χ4v) is 3.20. The van der Waals surface area contributed by atoms with Crippen LogP contribution in [0.4, 0.5) is 5.69 Å². The Morgan fingerprint density at radius 3 is 2.14 bits per heavy atom. The van der Waals surface area contributed by atoms with Gasteiger partial charge >= 0.3 is 0 Å². The molecule has 1 aromatic heterocycles. The van der Waals surface area contributed by atoms with Gasteiger partial charge in [0.25, 0.3) is 5.91 Å². The zero-order valence-corrected chi connectivity index (χ0v) is 15.9. The van der Waals surface area contributed by atoms with Crippen LogP contribution in [-0.4, -0.2) is 5.91 Å². The molecule has 1 atom stereocenters. The van der Waals surface area contributed by atoms with E-state index >= 15 is 0 Å². The first-order valence-corrected chi connectivity index (χ1v) is 9.57. The van der Waals surface area contributed by atoms with Crippen molar-refractivity contribution in [1.29, 1.82) is 0 Å². The predicted molar refractivity (Wildman–Crippen MR) is 115 cm³/mol. The second-order valence-corrected chi connectivity index (χ2v) is 6.76. The van der Waals surface area contributed by atoms with Crippen LogP contribution in [0.2, 0.25) is 0 Å². The highest BCUT2D eigenvalue weighted by molar-refractivity contribution is 6.04. The van der Waals surface area contributed by atoms with Crippen molar-refractivity contribution in [1.82, 2.24) is 5.32 Å². The monoisotopic (exact) mass is 382 g/mol. The van der Waals surface area contributed by atoms with Gasteiger partial charge in [0, 0.05) is 17.8 Å². The van der Waals surface area contributed by atoms with Gasteiger partial charge in [-0.1, -0.05) is 60.7 Å². The summed E-state index contributed by atoms with van der Waals surface area (Å²) < 4.78 is 5.63. The molecular formula is C25H22N2O2. The van der Waals surface area contributed by atoms with E-state index in [-0.39, 0.29) is 11.9 Å². The summed E-state index contributed by atoms with van der Waals surface area (Å²) in [6.45, 7) is 0.654. The Morgan fingerprint density at radius 2 is 1.48 bits per heavy atom. The molecule has 0 aliphatic rings. The van der Waals surface area contributed by atoms with Crippen molar-refractivity contribution in [2.75, 3.05) is 5.32 Å². The Balaban J connectivity index is 1.42. The van der Waals surface area contributed by atoms with Gasteiger partial charge in [-0.2, -0.15) is 0 Å². The van der Waals surface area contributed by atoms with Crippen LogP contribution in [0.1, 0.15) is 33.3 Å². The third kappa shape index (κ3) is 4.81. The van der Waals surface area contributed by atoms with E-state index in [0.717, 1.165) is 22.6 Å². The maximum atomic E-state index is 12.4. The summed E-state index contributed by atoms with van der Waals surface area (Å²) in [4.78, 5) is 12.4. The number of amides is 1. The Labute approximate surface area is 170 Å². The lowest BCUT2D eigenvalue weighted by atomic mass is 10.0. The highest BCUT2D eigenvalue weighted by atomic mass is 16.3. The fourth-order valence-electron chi connectivity index (χ4n) is 3.20. The number of furan rings is 1. The third-order valence-corrected chi connectivity index (χ3v) is 4.72. The fraction of sp³-hybridized carbons (Fsp3) is 0.0800. The second-order valence-electron chi connectivity index (χ2n) is 6.76. The van der Waals surface area contributed by atoms with Crippen LogP contribution in [0, 0.1) is 0 Å². The molecule has 0 radical (unpaired) electrons. The Bertz CT molecular complexity index is 1030. The summed E-state index contributed by atoms with van der Waals surface area (Å²) in [7, 11) is 0. The lowest BCUT2D eigenvalue weighted by Gasteiger charge is -2.17. The minimum Gasteiger partial charge on any atom is -0.467 e. The van der Waals surface area contributed by atoms with Crippen molar-refractivity contribution in [3.8, 4) is 0 Å². The van der Waals surface area contributed by atoms with Crippen molar-refractivity contribution >= 4 is 11.6 Å². The first-order valence-electron chi connectivity index (χ1n) is 9.57. The quantitative estimate of drug-likeness (QED) is 0.449. The first kappa shape index (κ1) is 18.7. The summed E-state index contributed by atoms with van der Waals surface area (Å²) in [6.07, 6.45) is 1.69. The van der Waals surface area contributed by atoms with Gasteiger partial charge in [0.1, 0.15) is 5.76 Å². The Kier molecular flexibility index (Phi) is 5.84. The highest BCUT2D eigenvalue weighted by Gasteiger charge is 2.16. The molecule has 3 aromatic carbocycles. The lowest BCUT2D eigenvalue weighted by Crippen LogP contribution is -2.21. The predicted octanol–water partition coefficient (Wildman–Crippen LogP) is 5.41. The molecule has 0 spiro atoms. The molecule has 144 valence electrons. The maximum Gasteiger partial charge on any atom is 0.255 e. The average molecular weight is 382 g/mol. The molecule has 1 amide bonds. The third-order valence-electron chi connectivity index (χ3n) is 4.72. The van der Waals surface area contributed by atoms with Gasteiger partial charge in [-0.15, -0.1) is 0 Å². The topological polar surface area (TPSA) is 54.3 Å². The van der Waals surface area contributed by atoms with E-state index in [9.17, 15) is 4.79 Å². The van der Waals surface area contributed by atoms with E-state index in [4.69, 9.17) is 4.42 Å². The number of benzene rings is 3. The molecular weight excluding hydrogens is 360 g/mol. The van der Waals surface area contributed by atoms with Gasteiger partial charge in [-0.05, 0) is 47.5 Å². The summed E-state index contributed by atoms with van der Waals surface area (Å²) in [5.41, 5.74) is 3.64. The van der Waals surface area contributed by atoms with Gasteiger partial charge < -0.3 is 9.73 Å². The van der Waals surface area contributed by atoms with Crippen molar-refractivity contribution in [2.24, 2.45) is 0 Å². The van der Waals surface area contributed by atoms with E-state index in [1.807, 2.05) is 84.9 Å². The maximum absolute atomic E-state index is 12.4. The van der Waals surface area contributed by atoms with Crippen molar-refractivity contribution in [3.63, 3.8) is 0 Å². The number of hydrogen-bond acceptors (Lipinski definition) is 3. The SMILES string of the molecule is O=C(Nc1ccccc1)c1ccc(CN[C@@H](c2ccccc2)c2ccco2)cc1. The van der Waals surface area contributed by atoms with Crippen molar-refractivity contribution < 1.29 is 9.21 Å². The van der Waals surface area contributed by atoms with Crippen molar-refractivity contribution in [3.05, 3.63) is 126 Å². The molecule has 0 saturated carbocycles. The minimum absolute atomic E-state index is 0.0349. The Hall–Kier alpha value is -3.63. The molecule has 4 rings (SSSR count). The average Bonchev–Trinajstić information content (AvgIpc) is 3.30. The molecule has 4 heteroatoms. The molecule has 4 nitrogen and oxygen atoms in total. The molecule has 0 aliphatic heterocycles. The van der Waals surface area contributed by atoms with E-state index < -0.39 is 0 Å². The zero-order valence-electron chi connectivity index (χ0n) is 15.9. The molecule has 0 fully saturated rings. The number of carbonyl (C=O) groups excluding carboxylic acids is 1. The van der Waals surface area contributed by atoms with Gasteiger partial charge in [-0.25, -0.2) is 0 Å². The largest absolute Gasteiger partial charge is 0.467 e. The lowest BCUT2D eigenvalue weighted by molar-refractivity contribution is 0.102. The van der Waals surface area contributed by atoms with Crippen LogP contribution in [-0.2, 0) is 6.54 Å². The summed E-state index contributed by atoms with van der Waals surface area (Å²) >= 11 is 0. The molecule has 0 saturated heterocycles. The number of carbonyl (C=O) groups is 1. The van der Waals surface area contributed by atoms with Crippen LogP contribution in [0.3, 0.4) is 0 Å².